The second-order valence-electron chi connectivity index (χ2n) is 5.55. The van der Waals surface area contributed by atoms with Crippen LogP contribution in [0.4, 0.5) is 15.8 Å². The number of anilines is 2. The fraction of sp³-hybridized carbons (Fsp3) is 0.278. The summed E-state index contributed by atoms with van der Waals surface area (Å²) in [6.45, 7) is 5.92. The topological polar surface area (TPSA) is 84.5 Å². The lowest BCUT2D eigenvalue weighted by Crippen LogP contribution is -2.17. The van der Waals surface area contributed by atoms with Crippen molar-refractivity contribution in [2.45, 2.75) is 25.7 Å². The molecule has 0 aromatic heterocycles. The van der Waals surface area contributed by atoms with E-state index in [1.54, 1.807) is 19.9 Å². The fourth-order valence-corrected chi connectivity index (χ4v) is 3.57. The Kier molecular flexibility index (Phi) is 6.20. The van der Waals surface area contributed by atoms with Crippen molar-refractivity contribution in [2.75, 3.05) is 23.2 Å². The number of nitrogens with one attached hydrogen (secondary N) is 2. The van der Waals surface area contributed by atoms with Gasteiger partial charge in [-0.3, -0.25) is 4.72 Å². The summed E-state index contributed by atoms with van der Waals surface area (Å²) in [7, 11) is -4.18. The Morgan fingerprint density at radius 1 is 1.12 bits per heavy atom. The smallest absolute Gasteiger partial charge is 0.338 e. The number of sulfonamides is 1. The van der Waals surface area contributed by atoms with Crippen molar-refractivity contribution in [3.8, 4) is 0 Å². The predicted molar refractivity (Wildman–Crippen MR) is 98.5 cm³/mol. The number of benzene rings is 2. The monoisotopic (exact) mass is 380 g/mol. The highest BCUT2D eigenvalue weighted by Gasteiger charge is 2.21. The van der Waals surface area contributed by atoms with E-state index in [-0.39, 0.29) is 17.9 Å². The summed E-state index contributed by atoms with van der Waals surface area (Å²) in [6, 6.07) is 8.30. The van der Waals surface area contributed by atoms with Gasteiger partial charge in [0, 0.05) is 6.54 Å². The SMILES string of the molecule is CCNc1ccc(C(=O)OCC)cc1NS(=O)(=O)c1cc(C)ccc1F. The number of hydrogen-bond acceptors (Lipinski definition) is 5. The Morgan fingerprint density at radius 2 is 1.85 bits per heavy atom. The third kappa shape index (κ3) is 4.51. The van der Waals surface area contributed by atoms with Gasteiger partial charge >= 0.3 is 5.97 Å². The summed E-state index contributed by atoms with van der Waals surface area (Å²) in [5.41, 5.74) is 1.41. The minimum absolute atomic E-state index is 0.137. The molecule has 0 atom stereocenters. The van der Waals surface area contributed by atoms with Crippen LogP contribution < -0.4 is 10.0 Å². The molecule has 0 aliphatic carbocycles. The number of rotatable bonds is 7. The van der Waals surface area contributed by atoms with Crippen LogP contribution in [0.15, 0.2) is 41.3 Å². The Balaban J connectivity index is 2.46. The molecule has 0 aliphatic rings. The molecule has 2 rings (SSSR count). The maximum Gasteiger partial charge on any atom is 0.338 e. The van der Waals surface area contributed by atoms with E-state index < -0.39 is 26.7 Å². The summed E-state index contributed by atoms with van der Waals surface area (Å²) in [5, 5.41) is 3.00. The summed E-state index contributed by atoms with van der Waals surface area (Å²) < 4.78 is 46.6. The Labute approximate surface area is 152 Å². The predicted octanol–water partition coefficient (Wildman–Crippen LogP) is 3.54. The van der Waals surface area contributed by atoms with E-state index in [0.29, 0.717) is 17.8 Å². The van der Waals surface area contributed by atoms with E-state index in [1.807, 2.05) is 6.92 Å². The van der Waals surface area contributed by atoms with Gasteiger partial charge in [-0.05, 0) is 56.7 Å². The molecule has 0 amide bonds. The molecule has 0 fully saturated rings. The average molecular weight is 380 g/mol. The van der Waals surface area contributed by atoms with Gasteiger partial charge < -0.3 is 10.1 Å². The second kappa shape index (κ2) is 8.18. The summed E-state index contributed by atoms with van der Waals surface area (Å²) >= 11 is 0. The number of carbonyl (C=O) groups is 1. The largest absolute Gasteiger partial charge is 0.462 e. The molecule has 0 saturated heterocycles. The van der Waals surface area contributed by atoms with E-state index in [0.717, 1.165) is 6.07 Å². The van der Waals surface area contributed by atoms with Gasteiger partial charge in [0.05, 0.1) is 23.5 Å². The third-order valence-corrected chi connectivity index (χ3v) is 4.90. The van der Waals surface area contributed by atoms with Gasteiger partial charge in [0.25, 0.3) is 10.0 Å². The van der Waals surface area contributed by atoms with Crippen LogP contribution in [0.1, 0.15) is 29.8 Å². The maximum atomic E-state index is 14.0. The molecule has 8 heteroatoms. The zero-order valence-electron chi connectivity index (χ0n) is 14.8. The second-order valence-corrected chi connectivity index (χ2v) is 7.20. The number of ether oxygens (including phenoxy) is 1. The zero-order chi connectivity index (χ0) is 19.3. The molecule has 0 radical (unpaired) electrons. The number of esters is 1. The molecule has 140 valence electrons. The molecule has 0 heterocycles. The van der Waals surface area contributed by atoms with Crippen LogP contribution in [0.3, 0.4) is 0 Å². The number of carbonyl (C=O) groups excluding carboxylic acids is 1. The van der Waals surface area contributed by atoms with E-state index in [9.17, 15) is 17.6 Å². The molecule has 2 aromatic rings. The standard InChI is InChI=1S/C18H21FN2O4S/c1-4-20-15-9-7-13(18(22)25-5-2)11-16(15)21-26(23,24)17-10-12(3)6-8-14(17)19/h6-11,20-21H,4-5H2,1-3H3. The Hall–Kier alpha value is -2.61. The first-order chi connectivity index (χ1) is 12.3. The van der Waals surface area contributed by atoms with Gasteiger partial charge in [-0.15, -0.1) is 0 Å². The molecule has 0 spiro atoms. The first-order valence-corrected chi connectivity index (χ1v) is 9.60. The van der Waals surface area contributed by atoms with E-state index >= 15 is 0 Å². The van der Waals surface area contributed by atoms with Gasteiger partial charge in [-0.1, -0.05) is 6.07 Å². The van der Waals surface area contributed by atoms with E-state index in [4.69, 9.17) is 4.74 Å². The first-order valence-electron chi connectivity index (χ1n) is 8.12. The average Bonchev–Trinajstić information content (AvgIpc) is 2.58. The van der Waals surface area contributed by atoms with Crippen molar-refractivity contribution in [2.24, 2.45) is 0 Å². The van der Waals surface area contributed by atoms with Gasteiger partial charge in [0.2, 0.25) is 0 Å². The van der Waals surface area contributed by atoms with E-state index in [1.165, 1.54) is 24.3 Å². The molecule has 6 nitrogen and oxygen atoms in total. The summed E-state index contributed by atoms with van der Waals surface area (Å²) in [6.07, 6.45) is 0. The molecular weight excluding hydrogens is 359 g/mol. The molecule has 2 aromatic carbocycles. The van der Waals surface area contributed by atoms with Gasteiger partial charge in [-0.2, -0.15) is 0 Å². The van der Waals surface area contributed by atoms with Crippen LogP contribution in [0.5, 0.6) is 0 Å². The quantitative estimate of drug-likeness (QED) is 0.718. The lowest BCUT2D eigenvalue weighted by molar-refractivity contribution is 0.0526. The van der Waals surface area contributed by atoms with Crippen LogP contribution in [0.25, 0.3) is 0 Å². The molecule has 0 unspecified atom stereocenters. The normalized spacial score (nSPS) is 11.1. The first kappa shape index (κ1) is 19.7. The van der Waals surface area contributed by atoms with Gasteiger partial charge in [0.1, 0.15) is 10.7 Å². The zero-order valence-corrected chi connectivity index (χ0v) is 15.6. The molecule has 0 aliphatic heterocycles. The third-order valence-electron chi connectivity index (χ3n) is 3.52. The summed E-state index contributed by atoms with van der Waals surface area (Å²) in [4.78, 5) is 11.5. The molecular formula is C18H21FN2O4S. The van der Waals surface area contributed by atoms with Gasteiger partial charge in [-0.25, -0.2) is 17.6 Å². The maximum absolute atomic E-state index is 14.0. The van der Waals surface area contributed by atoms with Crippen LogP contribution in [-0.2, 0) is 14.8 Å². The highest BCUT2D eigenvalue weighted by Crippen LogP contribution is 2.27. The van der Waals surface area contributed by atoms with Crippen molar-refractivity contribution >= 4 is 27.4 Å². The molecule has 0 saturated carbocycles. The van der Waals surface area contributed by atoms with E-state index in [2.05, 4.69) is 10.0 Å². The fourth-order valence-electron chi connectivity index (χ4n) is 2.33. The number of halogens is 1. The van der Waals surface area contributed by atoms with Crippen molar-refractivity contribution < 1.29 is 22.3 Å². The van der Waals surface area contributed by atoms with Crippen LogP contribution in [0.2, 0.25) is 0 Å². The van der Waals surface area contributed by atoms with Crippen molar-refractivity contribution in [3.63, 3.8) is 0 Å². The lowest BCUT2D eigenvalue weighted by Gasteiger charge is -2.15. The number of hydrogen-bond donors (Lipinski definition) is 2. The highest BCUT2D eigenvalue weighted by atomic mass is 32.2. The van der Waals surface area contributed by atoms with Crippen molar-refractivity contribution in [1.29, 1.82) is 0 Å². The molecule has 0 bridgehead atoms. The lowest BCUT2D eigenvalue weighted by atomic mass is 10.1. The highest BCUT2D eigenvalue weighted by molar-refractivity contribution is 7.92. The van der Waals surface area contributed by atoms with Crippen LogP contribution >= 0.6 is 0 Å². The van der Waals surface area contributed by atoms with Crippen molar-refractivity contribution in [3.05, 3.63) is 53.3 Å². The minimum Gasteiger partial charge on any atom is -0.462 e. The minimum atomic E-state index is -4.18. The summed E-state index contributed by atoms with van der Waals surface area (Å²) in [5.74, 6) is -1.42. The number of aryl methyl sites for hydroxylation is 1. The van der Waals surface area contributed by atoms with Crippen LogP contribution in [0, 0.1) is 12.7 Å². The Bertz CT molecular complexity index is 913. The van der Waals surface area contributed by atoms with Crippen molar-refractivity contribution in [1.82, 2.24) is 0 Å². The molecule has 26 heavy (non-hydrogen) atoms. The van der Waals surface area contributed by atoms with Gasteiger partial charge in [0.15, 0.2) is 0 Å². The molecule has 2 N–H and O–H groups in total. The van der Waals surface area contributed by atoms with Crippen LogP contribution in [-0.4, -0.2) is 27.5 Å². The Morgan fingerprint density at radius 3 is 2.50 bits per heavy atom.